The van der Waals surface area contributed by atoms with Crippen molar-refractivity contribution < 1.29 is 9.84 Å². The van der Waals surface area contributed by atoms with E-state index in [0.29, 0.717) is 0 Å². The Labute approximate surface area is 103 Å². The summed E-state index contributed by atoms with van der Waals surface area (Å²) in [6, 6.07) is 5.66. The fourth-order valence-corrected chi connectivity index (χ4v) is 1.74. The SMILES string of the molecule is COc1ccc(N)c(N(C)CCCCCO)c1. The zero-order valence-corrected chi connectivity index (χ0v) is 10.6. The fraction of sp³-hybridized carbons (Fsp3) is 0.538. The molecule has 0 aliphatic carbocycles. The van der Waals surface area contributed by atoms with Crippen LogP contribution in [0.5, 0.6) is 5.75 Å². The van der Waals surface area contributed by atoms with Gasteiger partial charge in [0.2, 0.25) is 0 Å². The largest absolute Gasteiger partial charge is 0.497 e. The molecule has 0 spiro atoms. The molecule has 1 aromatic carbocycles. The first kappa shape index (κ1) is 13.6. The van der Waals surface area contributed by atoms with Crippen LogP contribution >= 0.6 is 0 Å². The summed E-state index contributed by atoms with van der Waals surface area (Å²) in [5, 5.41) is 8.71. The van der Waals surface area contributed by atoms with Crippen molar-refractivity contribution in [3.63, 3.8) is 0 Å². The molecule has 0 saturated heterocycles. The maximum Gasteiger partial charge on any atom is 0.121 e. The molecule has 0 unspecified atom stereocenters. The van der Waals surface area contributed by atoms with Gasteiger partial charge in [0.05, 0.1) is 18.5 Å². The molecule has 0 saturated carbocycles. The van der Waals surface area contributed by atoms with E-state index in [9.17, 15) is 0 Å². The number of hydrogen-bond acceptors (Lipinski definition) is 4. The molecule has 0 radical (unpaired) electrons. The molecule has 0 aliphatic heterocycles. The molecule has 3 N–H and O–H groups in total. The summed E-state index contributed by atoms with van der Waals surface area (Å²) in [5.74, 6) is 0.816. The number of aliphatic hydroxyl groups is 1. The first-order chi connectivity index (χ1) is 8.19. The Morgan fingerprint density at radius 1 is 1.29 bits per heavy atom. The first-order valence-electron chi connectivity index (χ1n) is 5.94. The predicted octanol–water partition coefficient (Wildman–Crippen LogP) is 1.88. The van der Waals surface area contributed by atoms with Crippen molar-refractivity contribution in [2.45, 2.75) is 19.3 Å². The second-order valence-corrected chi connectivity index (χ2v) is 4.13. The second kappa shape index (κ2) is 7.01. The lowest BCUT2D eigenvalue weighted by Crippen LogP contribution is -2.19. The molecular weight excluding hydrogens is 216 g/mol. The van der Waals surface area contributed by atoms with Gasteiger partial charge in [-0.2, -0.15) is 0 Å². The maximum absolute atomic E-state index is 8.71. The van der Waals surface area contributed by atoms with Crippen molar-refractivity contribution in [1.29, 1.82) is 0 Å². The van der Waals surface area contributed by atoms with E-state index in [1.165, 1.54) is 0 Å². The van der Waals surface area contributed by atoms with Crippen LogP contribution in [-0.4, -0.2) is 32.4 Å². The van der Waals surface area contributed by atoms with Gasteiger partial charge in [-0.05, 0) is 31.4 Å². The number of methoxy groups -OCH3 is 1. The molecule has 0 fully saturated rings. The highest BCUT2D eigenvalue weighted by atomic mass is 16.5. The summed E-state index contributed by atoms with van der Waals surface area (Å²) in [7, 11) is 3.67. The van der Waals surface area contributed by atoms with E-state index in [2.05, 4.69) is 4.90 Å². The lowest BCUT2D eigenvalue weighted by molar-refractivity contribution is 0.283. The van der Waals surface area contributed by atoms with Crippen LogP contribution in [0.25, 0.3) is 0 Å². The first-order valence-corrected chi connectivity index (χ1v) is 5.94. The van der Waals surface area contributed by atoms with Gasteiger partial charge in [-0.15, -0.1) is 0 Å². The van der Waals surface area contributed by atoms with Gasteiger partial charge < -0.3 is 20.5 Å². The van der Waals surface area contributed by atoms with Gasteiger partial charge in [-0.1, -0.05) is 0 Å². The Morgan fingerprint density at radius 2 is 2.06 bits per heavy atom. The van der Waals surface area contributed by atoms with Gasteiger partial charge in [-0.3, -0.25) is 0 Å². The number of rotatable bonds is 7. The molecule has 0 atom stereocenters. The number of unbranched alkanes of at least 4 members (excludes halogenated alkanes) is 2. The summed E-state index contributed by atoms with van der Waals surface area (Å²) < 4.78 is 5.19. The van der Waals surface area contributed by atoms with Gasteiger partial charge >= 0.3 is 0 Å². The predicted molar refractivity (Wildman–Crippen MR) is 71.6 cm³/mol. The fourth-order valence-electron chi connectivity index (χ4n) is 1.74. The minimum absolute atomic E-state index is 0.269. The van der Waals surface area contributed by atoms with Gasteiger partial charge in [0.25, 0.3) is 0 Å². The van der Waals surface area contributed by atoms with E-state index >= 15 is 0 Å². The van der Waals surface area contributed by atoms with E-state index in [1.807, 2.05) is 25.2 Å². The zero-order chi connectivity index (χ0) is 12.7. The number of nitrogen functional groups attached to an aromatic ring is 1. The monoisotopic (exact) mass is 238 g/mol. The van der Waals surface area contributed by atoms with Crippen LogP contribution in [0.3, 0.4) is 0 Å². The Morgan fingerprint density at radius 3 is 2.71 bits per heavy atom. The normalized spacial score (nSPS) is 10.3. The van der Waals surface area contributed by atoms with Crippen LogP contribution in [0.15, 0.2) is 18.2 Å². The lowest BCUT2D eigenvalue weighted by Gasteiger charge is -2.21. The van der Waals surface area contributed by atoms with E-state index in [-0.39, 0.29) is 6.61 Å². The number of anilines is 2. The molecule has 0 aliphatic rings. The Kier molecular flexibility index (Phi) is 5.63. The molecule has 0 amide bonds. The summed E-state index contributed by atoms with van der Waals surface area (Å²) in [6.07, 6.45) is 2.94. The standard InChI is InChI=1S/C13H22N2O2/c1-15(8-4-3-5-9-16)13-10-11(17-2)6-7-12(13)14/h6-7,10,16H,3-5,8-9,14H2,1-2H3. The topological polar surface area (TPSA) is 58.7 Å². The van der Waals surface area contributed by atoms with Crippen molar-refractivity contribution in [2.75, 3.05) is 37.9 Å². The lowest BCUT2D eigenvalue weighted by atomic mass is 10.2. The summed E-state index contributed by atoms with van der Waals surface area (Å²) in [5.41, 5.74) is 7.69. The number of hydrogen-bond donors (Lipinski definition) is 2. The zero-order valence-electron chi connectivity index (χ0n) is 10.6. The number of nitrogens with two attached hydrogens (primary N) is 1. The maximum atomic E-state index is 8.71. The summed E-state index contributed by atoms with van der Waals surface area (Å²) in [6.45, 7) is 1.20. The van der Waals surface area contributed by atoms with E-state index in [0.717, 1.165) is 42.9 Å². The van der Waals surface area contributed by atoms with Crippen LogP contribution in [0.4, 0.5) is 11.4 Å². The molecule has 4 heteroatoms. The minimum Gasteiger partial charge on any atom is -0.497 e. The van der Waals surface area contributed by atoms with Gasteiger partial charge in [0.1, 0.15) is 5.75 Å². The van der Waals surface area contributed by atoms with Crippen molar-refractivity contribution in [3.8, 4) is 5.75 Å². The smallest absolute Gasteiger partial charge is 0.121 e. The third kappa shape index (κ3) is 4.15. The van der Waals surface area contributed by atoms with Crippen molar-refractivity contribution in [3.05, 3.63) is 18.2 Å². The van der Waals surface area contributed by atoms with E-state index < -0.39 is 0 Å². The molecular formula is C13H22N2O2. The van der Waals surface area contributed by atoms with Gasteiger partial charge in [0.15, 0.2) is 0 Å². The molecule has 17 heavy (non-hydrogen) atoms. The Hall–Kier alpha value is -1.42. The average molecular weight is 238 g/mol. The Balaban J connectivity index is 2.57. The summed E-state index contributed by atoms with van der Waals surface area (Å²) >= 11 is 0. The molecule has 0 heterocycles. The molecule has 96 valence electrons. The number of nitrogens with zero attached hydrogens (tertiary/aromatic N) is 1. The molecule has 0 aromatic heterocycles. The van der Waals surface area contributed by atoms with E-state index in [4.69, 9.17) is 15.6 Å². The van der Waals surface area contributed by atoms with Crippen LogP contribution < -0.4 is 15.4 Å². The van der Waals surface area contributed by atoms with Crippen LogP contribution in [0.1, 0.15) is 19.3 Å². The van der Waals surface area contributed by atoms with Crippen LogP contribution in [-0.2, 0) is 0 Å². The van der Waals surface area contributed by atoms with Crippen molar-refractivity contribution in [1.82, 2.24) is 0 Å². The van der Waals surface area contributed by atoms with Gasteiger partial charge in [0, 0.05) is 26.3 Å². The molecule has 0 bridgehead atoms. The van der Waals surface area contributed by atoms with Crippen LogP contribution in [0, 0.1) is 0 Å². The van der Waals surface area contributed by atoms with Crippen LogP contribution in [0.2, 0.25) is 0 Å². The minimum atomic E-state index is 0.269. The number of ether oxygens (including phenoxy) is 1. The number of aliphatic hydroxyl groups excluding tert-OH is 1. The van der Waals surface area contributed by atoms with E-state index in [1.54, 1.807) is 7.11 Å². The summed E-state index contributed by atoms with van der Waals surface area (Å²) in [4.78, 5) is 2.12. The highest BCUT2D eigenvalue weighted by Crippen LogP contribution is 2.27. The Bertz CT molecular complexity index is 342. The van der Waals surface area contributed by atoms with Crippen molar-refractivity contribution >= 4 is 11.4 Å². The molecule has 1 aromatic rings. The molecule has 1 rings (SSSR count). The third-order valence-electron chi connectivity index (χ3n) is 2.80. The van der Waals surface area contributed by atoms with Gasteiger partial charge in [-0.25, -0.2) is 0 Å². The highest BCUT2D eigenvalue weighted by molar-refractivity contribution is 5.69. The number of benzene rings is 1. The van der Waals surface area contributed by atoms with Crippen molar-refractivity contribution in [2.24, 2.45) is 0 Å². The molecule has 4 nitrogen and oxygen atoms in total. The third-order valence-corrected chi connectivity index (χ3v) is 2.80. The quantitative estimate of drug-likeness (QED) is 0.562. The highest BCUT2D eigenvalue weighted by Gasteiger charge is 2.06. The second-order valence-electron chi connectivity index (χ2n) is 4.13. The average Bonchev–Trinajstić information content (AvgIpc) is 2.35.